The Kier molecular flexibility index (Phi) is 4.32. The van der Waals surface area contributed by atoms with Crippen LogP contribution in [0.3, 0.4) is 0 Å². The smallest absolute Gasteiger partial charge is 0.249 e. The normalized spacial score (nSPS) is 19.4. The minimum Gasteiger partial charge on any atom is -0.496 e. The van der Waals surface area contributed by atoms with Crippen LogP contribution < -0.4 is 15.8 Å². The van der Waals surface area contributed by atoms with Crippen molar-refractivity contribution < 1.29 is 9.53 Å². The largest absolute Gasteiger partial charge is 0.496 e. The first-order chi connectivity index (χ1) is 11.4. The number of hydrogen-bond donors (Lipinski definition) is 2. The Balaban J connectivity index is 1.80. The minimum atomic E-state index is -1.04. The van der Waals surface area contributed by atoms with Crippen LogP contribution in [0.4, 0.5) is 5.69 Å². The van der Waals surface area contributed by atoms with E-state index in [2.05, 4.69) is 24.3 Å². The van der Waals surface area contributed by atoms with Crippen molar-refractivity contribution in [3.8, 4) is 5.75 Å². The third kappa shape index (κ3) is 2.89. The third-order valence-corrected chi connectivity index (χ3v) is 4.45. The van der Waals surface area contributed by atoms with Crippen molar-refractivity contribution in [1.82, 2.24) is 9.78 Å². The Hall–Kier alpha value is -2.34. The van der Waals surface area contributed by atoms with Gasteiger partial charge in [0.1, 0.15) is 11.3 Å². The predicted molar refractivity (Wildman–Crippen MR) is 92.9 cm³/mol. The molecule has 1 atom stereocenters. The standard InChI is InChI=1S/C18H24N4O2/c1-12(2)10-22-11-13(9-20-22)21-17(23)18(19)8-7-14-15(18)5-4-6-16(14)24-3/h4-6,9,11-12H,7-8,10,19H2,1-3H3,(H,21,23). The van der Waals surface area contributed by atoms with E-state index in [1.54, 1.807) is 13.3 Å². The number of aromatic nitrogens is 2. The van der Waals surface area contributed by atoms with Gasteiger partial charge in [-0.1, -0.05) is 26.0 Å². The molecule has 6 heteroatoms. The number of nitrogens with one attached hydrogen (secondary N) is 1. The average molecular weight is 328 g/mol. The monoisotopic (exact) mass is 328 g/mol. The van der Waals surface area contributed by atoms with E-state index in [1.807, 2.05) is 29.1 Å². The van der Waals surface area contributed by atoms with E-state index in [4.69, 9.17) is 10.5 Å². The first kappa shape index (κ1) is 16.5. The van der Waals surface area contributed by atoms with Crippen LogP contribution in [0, 0.1) is 5.92 Å². The Labute approximate surface area is 142 Å². The van der Waals surface area contributed by atoms with E-state index >= 15 is 0 Å². The summed E-state index contributed by atoms with van der Waals surface area (Å²) in [7, 11) is 1.63. The fraction of sp³-hybridized carbons (Fsp3) is 0.444. The predicted octanol–water partition coefficient (Wildman–Crippen LogP) is 2.29. The van der Waals surface area contributed by atoms with Gasteiger partial charge in [0.15, 0.2) is 0 Å². The molecule has 1 aromatic carbocycles. The van der Waals surface area contributed by atoms with Gasteiger partial charge in [-0.3, -0.25) is 9.48 Å². The molecule has 24 heavy (non-hydrogen) atoms. The lowest BCUT2D eigenvalue weighted by Gasteiger charge is -2.24. The molecule has 0 aliphatic heterocycles. The summed E-state index contributed by atoms with van der Waals surface area (Å²) in [5.74, 6) is 1.07. The van der Waals surface area contributed by atoms with Crippen molar-refractivity contribution >= 4 is 11.6 Å². The highest BCUT2D eigenvalue weighted by molar-refractivity contribution is 5.99. The summed E-state index contributed by atoms with van der Waals surface area (Å²) in [4.78, 5) is 12.8. The molecule has 0 saturated heterocycles. The Morgan fingerprint density at radius 3 is 3.00 bits per heavy atom. The maximum Gasteiger partial charge on any atom is 0.249 e. The van der Waals surface area contributed by atoms with Gasteiger partial charge in [-0.25, -0.2) is 0 Å². The molecule has 3 N–H and O–H groups in total. The summed E-state index contributed by atoms with van der Waals surface area (Å²) >= 11 is 0. The van der Waals surface area contributed by atoms with Crippen LogP contribution in [0.5, 0.6) is 5.75 Å². The summed E-state index contributed by atoms with van der Waals surface area (Å²) in [6.07, 6.45) is 4.79. The van der Waals surface area contributed by atoms with Crippen LogP contribution in [0.15, 0.2) is 30.6 Å². The van der Waals surface area contributed by atoms with Crippen molar-refractivity contribution in [3.63, 3.8) is 0 Å². The lowest BCUT2D eigenvalue weighted by molar-refractivity contribution is -0.121. The molecular formula is C18H24N4O2. The second-order valence-electron chi connectivity index (χ2n) is 6.76. The molecule has 128 valence electrons. The minimum absolute atomic E-state index is 0.210. The number of rotatable bonds is 5. The van der Waals surface area contributed by atoms with Crippen molar-refractivity contribution in [2.45, 2.75) is 38.8 Å². The molecule has 1 amide bonds. The fourth-order valence-electron chi connectivity index (χ4n) is 3.27. The van der Waals surface area contributed by atoms with E-state index in [1.165, 1.54) is 0 Å². The number of anilines is 1. The van der Waals surface area contributed by atoms with Crippen LogP contribution in [0.1, 0.15) is 31.4 Å². The molecule has 0 bridgehead atoms. The zero-order valence-electron chi connectivity index (χ0n) is 14.4. The summed E-state index contributed by atoms with van der Waals surface area (Å²) < 4.78 is 7.22. The van der Waals surface area contributed by atoms with Crippen molar-refractivity contribution in [1.29, 1.82) is 0 Å². The van der Waals surface area contributed by atoms with Crippen LogP contribution in [-0.4, -0.2) is 22.8 Å². The maximum absolute atomic E-state index is 12.8. The second-order valence-corrected chi connectivity index (χ2v) is 6.76. The average Bonchev–Trinajstić information content (AvgIpc) is 3.12. The first-order valence-electron chi connectivity index (χ1n) is 8.23. The molecule has 1 aliphatic carbocycles. The van der Waals surface area contributed by atoms with E-state index < -0.39 is 5.54 Å². The van der Waals surface area contributed by atoms with Gasteiger partial charge in [0, 0.05) is 12.7 Å². The lowest BCUT2D eigenvalue weighted by atomic mass is 9.92. The van der Waals surface area contributed by atoms with E-state index in [9.17, 15) is 4.79 Å². The third-order valence-electron chi connectivity index (χ3n) is 4.45. The van der Waals surface area contributed by atoms with E-state index in [0.29, 0.717) is 18.0 Å². The highest BCUT2D eigenvalue weighted by Crippen LogP contribution is 2.40. The van der Waals surface area contributed by atoms with Crippen LogP contribution in [0.2, 0.25) is 0 Å². The Bertz CT molecular complexity index is 753. The quantitative estimate of drug-likeness (QED) is 0.882. The molecule has 0 spiro atoms. The molecule has 1 aromatic heterocycles. The molecule has 1 aliphatic rings. The van der Waals surface area contributed by atoms with Gasteiger partial charge in [-0.05, 0) is 36.0 Å². The number of methoxy groups -OCH3 is 1. The molecule has 0 radical (unpaired) electrons. The molecule has 3 rings (SSSR count). The zero-order chi connectivity index (χ0) is 17.3. The molecule has 0 fully saturated rings. The van der Waals surface area contributed by atoms with Gasteiger partial charge in [0.25, 0.3) is 0 Å². The number of nitrogens with zero attached hydrogens (tertiary/aromatic N) is 2. The van der Waals surface area contributed by atoms with Gasteiger partial charge in [-0.2, -0.15) is 5.10 Å². The SMILES string of the molecule is COc1cccc2c1CCC2(N)C(=O)Nc1cnn(CC(C)C)c1. The van der Waals surface area contributed by atoms with Gasteiger partial charge in [-0.15, -0.1) is 0 Å². The van der Waals surface area contributed by atoms with Crippen LogP contribution >= 0.6 is 0 Å². The van der Waals surface area contributed by atoms with Crippen LogP contribution in [-0.2, 0) is 23.3 Å². The number of carbonyl (C=O) groups is 1. The first-order valence-corrected chi connectivity index (χ1v) is 8.23. The summed E-state index contributed by atoms with van der Waals surface area (Å²) in [6, 6.07) is 5.68. The van der Waals surface area contributed by atoms with Crippen molar-refractivity contribution in [2.75, 3.05) is 12.4 Å². The summed E-state index contributed by atoms with van der Waals surface area (Å²) in [5.41, 5.74) is 7.97. The van der Waals surface area contributed by atoms with Crippen molar-refractivity contribution in [3.05, 3.63) is 41.7 Å². The topological polar surface area (TPSA) is 82.2 Å². The number of carbonyl (C=O) groups excluding carboxylic acids is 1. The highest BCUT2D eigenvalue weighted by Gasteiger charge is 2.43. The summed E-state index contributed by atoms with van der Waals surface area (Å²) in [6.45, 7) is 5.05. The maximum atomic E-state index is 12.8. The Morgan fingerprint density at radius 1 is 1.50 bits per heavy atom. The van der Waals surface area contributed by atoms with Gasteiger partial charge in [0.2, 0.25) is 5.91 Å². The Morgan fingerprint density at radius 2 is 2.29 bits per heavy atom. The number of nitrogens with two attached hydrogens (primary N) is 1. The summed E-state index contributed by atoms with van der Waals surface area (Å²) in [5, 5.41) is 7.18. The number of fused-ring (bicyclic) bond motifs is 1. The molecule has 2 aromatic rings. The van der Waals surface area contributed by atoms with Gasteiger partial charge >= 0.3 is 0 Å². The van der Waals surface area contributed by atoms with Crippen molar-refractivity contribution in [2.24, 2.45) is 11.7 Å². The number of benzene rings is 1. The fourth-order valence-corrected chi connectivity index (χ4v) is 3.27. The number of hydrogen-bond acceptors (Lipinski definition) is 4. The number of amides is 1. The van der Waals surface area contributed by atoms with E-state index in [0.717, 1.165) is 29.8 Å². The molecule has 0 saturated carbocycles. The van der Waals surface area contributed by atoms with E-state index in [-0.39, 0.29) is 5.91 Å². The number of ether oxygens (including phenoxy) is 1. The molecular weight excluding hydrogens is 304 g/mol. The molecule has 1 unspecified atom stereocenters. The second kappa shape index (κ2) is 6.28. The zero-order valence-corrected chi connectivity index (χ0v) is 14.4. The van der Waals surface area contributed by atoms with Gasteiger partial charge in [0.05, 0.1) is 19.0 Å². The lowest BCUT2D eigenvalue weighted by Crippen LogP contribution is -2.46. The molecule has 1 heterocycles. The molecule has 6 nitrogen and oxygen atoms in total. The van der Waals surface area contributed by atoms with Gasteiger partial charge < -0.3 is 15.8 Å². The van der Waals surface area contributed by atoms with Crippen LogP contribution in [0.25, 0.3) is 0 Å². The highest BCUT2D eigenvalue weighted by atomic mass is 16.5.